The fourth-order valence-electron chi connectivity index (χ4n) is 4.79. The van der Waals surface area contributed by atoms with Crippen LogP contribution < -0.4 is 4.90 Å². The predicted octanol–water partition coefficient (Wildman–Crippen LogP) is 5.32. The number of aryl methyl sites for hydroxylation is 2. The minimum absolute atomic E-state index is 0.229. The zero-order valence-corrected chi connectivity index (χ0v) is 20.8. The molecule has 1 fully saturated rings. The molecule has 5 nitrogen and oxygen atoms in total. The molecule has 1 amide bonds. The van der Waals surface area contributed by atoms with Gasteiger partial charge in [0.2, 0.25) is 5.91 Å². The molecule has 5 heteroatoms. The van der Waals surface area contributed by atoms with Crippen LogP contribution in [0.1, 0.15) is 28.8 Å². The molecule has 1 aliphatic rings. The molecule has 36 heavy (non-hydrogen) atoms. The molecular formula is C31H32N4O. The Labute approximate surface area is 213 Å². The number of hydrogen-bond acceptors (Lipinski definition) is 4. The van der Waals surface area contributed by atoms with Crippen molar-refractivity contribution >= 4 is 11.7 Å². The quantitative estimate of drug-likeness (QED) is 0.362. The predicted molar refractivity (Wildman–Crippen MR) is 145 cm³/mol. The van der Waals surface area contributed by atoms with E-state index >= 15 is 0 Å². The van der Waals surface area contributed by atoms with Crippen LogP contribution in [0, 0.1) is 6.92 Å². The van der Waals surface area contributed by atoms with Gasteiger partial charge in [-0.05, 0) is 24.5 Å². The summed E-state index contributed by atoms with van der Waals surface area (Å²) in [6.07, 6.45) is 2.12. The van der Waals surface area contributed by atoms with Gasteiger partial charge in [0.25, 0.3) is 0 Å². The van der Waals surface area contributed by atoms with Gasteiger partial charge in [0, 0.05) is 55.8 Å². The molecule has 0 N–H and O–H groups in total. The summed E-state index contributed by atoms with van der Waals surface area (Å²) in [5.41, 5.74) is 5.63. The van der Waals surface area contributed by atoms with Crippen LogP contribution in [0.25, 0.3) is 11.4 Å². The molecule has 2 heterocycles. The van der Waals surface area contributed by atoms with Crippen LogP contribution >= 0.6 is 0 Å². The highest BCUT2D eigenvalue weighted by molar-refractivity contribution is 5.77. The summed E-state index contributed by atoms with van der Waals surface area (Å²) < 4.78 is 0. The maximum Gasteiger partial charge on any atom is 0.223 e. The van der Waals surface area contributed by atoms with E-state index < -0.39 is 0 Å². The summed E-state index contributed by atoms with van der Waals surface area (Å²) in [7, 11) is 0. The van der Waals surface area contributed by atoms with Crippen molar-refractivity contribution in [2.45, 2.75) is 26.2 Å². The SMILES string of the molecule is Cc1nc(-c2ccccc2)nc(N2CCN(C(=O)CCc3ccccc3)CC2)c1Cc1ccccc1. The summed E-state index contributed by atoms with van der Waals surface area (Å²) in [4.78, 5) is 27.2. The molecule has 0 saturated carbocycles. The molecule has 1 aromatic heterocycles. The van der Waals surface area contributed by atoms with E-state index in [4.69, 9.17) is 9.97 Å². The molecule has 0 bridgehead atoms. The van der Waals surface area contributed by atoms with Gasteiger partial charge in [-0.2, -0.15) is 0 Å². The van der Waals surface area contributed by atoms with Gasteiger partial charge >= 0.3 is 0 Å². The Bertz CT molecular complexity index is 1280. The third kappa shape index (κ3) is 5.62. The summed E-state index contributed by atoms with van der Waals surface area (Å²) in [6, 6.07) is 30.9. The minimum atomic E-state index is 0.229. The number of amides is 1. The van der Waals surface area contributed by atoms with E-state index in [1.807, 2.05) is 47.4 Å². The lowest BCUT2D eigenvalue weighted by atomic mass is 10.0. The molecule has 1 saturated heterocycles. The normalized spacial score (nSPS) is 13.6. The van der Waals surface area contributed by atoms with Crippen LogP contribution in [-0.4, -0.2) is 47.0 Å². The number of benzene rings is 3. The highest BCUT2D eigenvalue weighted by Gasteiger charge is 2.25. The Morgan fingerprint density at radius 3 is 1.97 bits per heavy atom. The Balaban J connectivity index is 1.34. The first-order valence-corrected chi connectivity index (χ1v) is 12.7. The molecular weight excluding hydrogens is 444 g/mol. The van der Waals surface area contributed by atoms with Crippen molar-refractivity contribution in [3.05, 3.63) is 113 Å². The van der Waals surface area contributed by atoms with Crippen molar-refractivity contribution in [3.8, 4) is 11.4 Å². The van der Waals surface area contributed by atoms with Gasteiger partial charge in [-0.15, -0.1) is 0 Å². The second kappa shape index (κ2) is 11.2. The van der Waals surface area contributed by atoms with Crippen molar-refractivity contribution in [2.75, 3.05) is 31.1 Å². The summed E-state index contributed by atoms with van der Waals surface area (Å²) >= 11 is 0. The lowest BCUT2D eigenvalue weighted by Crippen LogP contribution is -2.49. The first-order valence-electron chi connectivity index (χ1n) is 12.7. The molecule has 0 radical (unpaired) electrons. The van der Waals surface area contributed by atoms with Crippen molar-refractivity contribution in [3.63, 3.8) is 0 Å². The van der Waals surface area contributed by atoms with E-state index in [1.54, 1.807) is 0 Å². The maximum atomic E-state index is 12.9. The van der Waals surface area contributed by atoms with Crippen LogP contribution in [0.5, 0.6) is 0 Å². The Morgan fingerprint density at radius 1 is 0.750 bits per heavy atom. The van der Waals surface area contributed by atoms with Gasteiger partial charge < -0.3 is 9.80 Å². The first kappa shape index (κ1) is 23.7. The number of aromatic nitrogens is 2. The average Bonchev–Trinajstić information content (AvgIpc) is 2.94. The van der Waals surface area contributed by atoms with Crippen molar-refractivity contribution in [1.82, 2.24) is 14.9 Å². The third-order valence-corrected chi connectivity index (χ3v) is 6.85. The fourth-order valence-corrected chi connectivity index (χ4v) is 4.79. The number of piperazine rings is 1. The molecule has 3 aromatic carbocycles. The van der Waals surface area contributed by atoms with Gasteiger partial charge in [-0.1, -0.05) is 91.0 Å². The van der Waals surface area contributed by atoms with Crippen LogP contribution in [-0.2, 0) is 17.6 Å². The molecule has 0 spiro atoms. The number of carbonyl (C=O) groups is 1. The molecule has 4 aromatic rings. The summed E-state index contributed by atoms with van der Waals surface area (Å²) in [5, 5.41) is 0. The Morgan fingerprint density at radius 2 is 1.33 bits per heavy atom. The second-order valence-corrected chi connectivity index (χ2v) is 9.32. The van der Waals surface area contributed by atoms with E-state index in [2.05, 4.69) is 60.4 Å². The monoisotopic (exact) mass is 476 g/mol. The number of nitrogens with zero attached hydrogens (tertiary/aromatic N) is 4. The van der Waals surface area contributed by atoms with Gasteiger partial charge in [0.05, 0.1) is 0 Å². The Hall–Kier alpha value is -3.99. The molecule has 5 rings (SSSR count). The van der Waals surface area contributed by atoms with E-state index in [1.165, 1.54) is 11.1 Å². The van der Waals surface area contributed by atoms with Gasteiger partial charge in [0.1, 0.15) is 5.82 Å². The maximum absolute atomic E-state index is 12.9. The Kier molecular flexibility index (Phi) is 7.36. The van der Waals surface area contributed by atoms with Gasteiger partial charge in [0.15, 0.2) is 5.82 Å². The molecule has 1 aliphatic heterocycles. The highest BCUT2D eigenvalue weighted by Crippen LogP contribution is 2.28. The minimum Gasteiger partial charge on any atom is -0.353 e. The van der Waals surface area contributed by atoms with E-state index in [0.717, 1.165) is 54.4 Å². The zero-order valence-electron chi connectivity index (χ0n) is 20.8. The standard InChI is InChI=1S/C31H32N4O/c1-24-28(23-26-13-7-3-8-14-26)31(33-30(32-24)27-15-9-4-10-16-27)35-21-19-34(20-22-35)29(36)18-17-25-11-5-2-6-12-25/h2-16H,17-23H2,1H3. The van der Waals surface area contributed by atoms with Crippen LogP contribution in [0.2, 0.25) is 0 Å². The lowest BCUT2D eigenvalue weighted by molar-refractivity contribution is -0.131. The molecule has 0 unspecified atom stereocenters. The molecule has 0 aliphatic carbocycles. The van der Waals surface area contributed by atoms with E-state index in [-0.39, 0.29) is 5.91 Å². The number of hydrogen-bond donors (Lipinski definition) is 0. The number of rotatable bonds is 7. The van der Waals surface area contributed by atoms with Crippen molar-refractivity contribution < 1.29 is 4.79 Å². The third-order valence-electron chi connectivity index (χ3n) is 6.85. The molecule has 0 atom stereocenters. The first-order chi connectivity index (χ1) is 17.7. The number of anilines is 1. The second-order valence-electron chi connectivity index (χ2n) is 9.32. The summed E-state index contributed by atoms with van der Waals surface area (Å²) in [5.74, 6) is 1.97. The molecule has 182 valence electrons. The van der Waals surface area contributed by atoms with Gasteiger partial charge in [-0.3, -0.25) is 4.79 Å². The van der Waals surface area contributed by atoms with Crippen LogP contribution in [0.15, 0.2) is 91.0 Å². The summed E-state index contributed by atoms with van der Waals surface area (Å²) in [6.45, 7) is 5.04. The van der Waals surface area contributed by atoms with E-state index in [9.17, 15) is 4.79 Å². The lowest BCUT2D eigenvalue weighted by Gasteiger charge is -2.36. The topological polar surface area (TPSA) is 49.3 Å². The largest absolute Gasteiger partial charge is 0.353 e. The number of carbonyl (C=O) groups excluding carboxylic acids is 1. The highest BCUT2D eigenvalue weighted by atomic mass is 16.2. The van der Waals surface area contributed by atoms with Crippen molar-refractivity contribution in [2.24, 2.45) is 0 Å². The zero-order chi connectivity index (χ0) is 24.7. The van der Waals surface area contributed by atoms with Gasteiger partial charge in [-0.25, -0.2) is 9.97 Å². The smallest absolute Gasteiger partial charge is 0.223 e. The fraction of sp³-hybridized carbons (Fsp3) is 0.258. The van der Waals surface area contributed by atoms with E-state index in [0.29, 0.717) is 19.5 Å². The van der Waals surface area contributed by atoms with Crippen molar-refractivity contribution in [1.29, 1.82) is 0 Å². The van der Waals surface area contributed by atoms with Crippen LogP contribution in [0.3, 0.4) is 0 Å². The average molecular weight is 477 g/mol. The van der Waals surface area contributed by atoms with Crippen LogP contribution in [0.4, 0.5) is 5.82 Å².